The quantitative estimate of drug-likeness (QED) is 0.749. The number of rotatable bonds is 6. The normalized spacial score (nSPS) is 10.9. The molecule has 0 fully saturated rings. The van der Waals surface area contributed by atoms with Crippen LogP contribution >= 0.6 is 11.6 Å². The minimum absolute atomic E-state index is 0.190. The highest BCUT2D eigenvalue weighted by Gasteiger charge is 2.15. The molecule has 21 heavy (non-hydrogen) atoms. The summed E-state index contributed by atoms with van der Waals surface area (Å²) in [7, 11) is 1.70. The van der Waals surface area contributed by atoms with Gasteiger partial charge in [0.1, 0.15) is 17.2 Å². The van der Waals surface area contributed by atoms with E-state index in [0.717, 1.165) is 17.7 Å². The summed E-state index contributed by atoms with van der Waals surface area (Å²) in [4.78, 5) is 8.20. The molecule has 4 nitrogen and oxygen atoms in total. The molecule has 0 radical (unpaired) electrons. The number of hydrogen-bond donors (Lipinski definition) is 0. The van der Waals surface area contributed by atoms with E-state index in [1.165, 1.54) is 11.9 Å². The van der Waals surface area contributed by atoms with Crippen molar-refractivity contribution >= 4 is 11.6 Å². The lowest BCUT2D eigenvalue weighted by molar-refractivity contribution is 0.202. The minimum Gasteiger partial charge on any atom is -0.439 e. The molecule has 0 N–H and O–H groups in total. The van der Waals surface area contributed by atoms with Crippen LogP contribution in [0, 0.1) is 0 Å². The topological polar surface area (TPSA) is 44.2 Å². The fourth-order valence-electron chi connectivity index (χ4n) is 1.98. The monoisotopic (exact) mass is 306 g/mol. The molecular weight excluding hydrogens is 288 g/mol. The van der Waals surface area contributed by atoms with Gasteiger partial charge in [-0.25, -0.2) is 9.97 Å². The van der Waals surface area contributed by atoms with Gasteiger partial charge in [0.05, 0.1) is 12.2 Å². The molecule has 0 unspecified atom stereocenters. The molecule has 0 aliphatic carbocycles. The Morgan fingerprint density at radius 2 is 1.86 bits per heavy atom. The van der Waals surface area contributed by atoms with Gasteiger partial charge in [0, 0.05) is 7.11 Å². The predicted molar refractivity (Wildman–Crippen MR) is 83.2 cm³/mol. The highest BCUT2D eigenvalue weighted by atomic mass is 35.5. The third-order valence-electron chi connectivity index (χ3n) is 3.11. The highest BCUT2D eigenvalue weighted by Crippen LogP contribution is 2.32. The van der Waals surface area contributed by atoms with Crippen molar-refractivity contribution < 1.29 is 9.47 Å². The van der Waals surface area contributed by atoms with Crippen LogP contribution in [0.3, 0.4) is 0 Å². The van der Waals surface area contributed by atoms with Crippen LogP contribution in [0.1, 0.15) is 30.9 Å². The summed E-state index contributed by atoms with van der Waals surface area (Å²) in [6.45, 7) is 4.77. The standard InChI is InChI=1S/C16H19ClN2O2/c1-11(2)14-15(17)18-10-19-16(14)21-13-6-4-12(5-7-13)8-9-20-3/h4-7,10-11H,8-9H2,1-3H3. The largest absolute Gasteiger partial charge is 0.439 e. The molecule has 2 aromatic rings. The van der Waals surface area contributed by atoms with E-state index in [1.54, 1.807) is 7.11 Å². The van der Waals surface area contributed by atoms with Crippen molar-refractivity contribution in [2.45, 2.75) is 26.2 Å². The summed E-state index contributed by atoms with van der Waals surface area (Å²) in [5, 5.41) is 0.437. The first-order valence-corrected chi connectivity index (χ1v) is 7.25. The molecule has 0 atom stereocenters. The third kappa shape index (κ3) is 4.16. The summed E-state index contributed by atoms with van der Waals surface area (Å²) in [6, 6.07) is 7.88. The smallest absolute Gasteiger partial charge is 0.227 e. The summed E-state index contributed by atoms with van der Waals surface area (Å²) in [5.74, 6) is 1.43. The van der Waals surface area contributed by atoms with Gasteiger partial charge in [0.15, 0.2) is 0 Å². The number of methoxy groups -OCH3 is 1. The maximum Gasteiger partial charge on any atom is 0.227 e. The first-order chi connectivity index (χ1) is 10.1. The second kappa shape index (κ2) is 7.38. The van der Waals surface area contributed by atoms with E-state index in [0.29, 0.717) is 17.6 Å². The van der Waals surface area contributed by atoms with Crippen LogP contribution in [0.5, 0.6) is 11.6 Å². The first kappa shape index (κ1) is 15.7. The molecule has 0 aliphatic rings. The number of halogens is 1. The Hall–Kier alpha value is -1.65. The van der Waals surface area contributed by atoms with E-state index < -0.39 is 0 Å². The van der Waals surface area contributed by atoms with E-state index in [9.17, 15) is 0 Å². The Bertz CT molecular complexity index is 585. The van der Waals surface area contributed by atoms with E-state index >= 15 is 0 Å². The second-order valence-electron chi connectivity index (χ2n) is 5.03. The average Bonchev–Trinajstić information content (AvgIpc) is 2.46. The fourth-order valence-corrected chi connectivity index (χ4v) is 2.32. The molecule has 0 amide bonds. The Balaban J connectivity index is 2.17. The zero-order valence-electron chi connectivity index (χ0n) is 12.5. The molecule has 0 saturated carbocycles. The van der Waals surface area contributed by atoms with E-state index in [4.69, 9.17) is 21.1 Å². The van der Waals surface area contributed by atoms with Gasteiger partial charge in [-0.2, -0.15) is 0 Å². The number of hydrogen-bond acceptors (Lipinski definition) is 4. The number of ether oxygens (including phenoxy) is 2. The van der Waals surface area contributed by atoms with Gasteiger partial charge in [-0.15, -0.1) is 0 Å². The molecule has 2 rings (SSSR count). The SMILES string of the molecule is COCCc1ccc(Oc2ncnc(Cl)c2C(C)C)cc1. The van der Waals surface area contributed by atoms with Gasteiger partial charge in [0.2, 0.25) is 5.88 Å². The van der Waals surface area contributed by atoms with Crippen molar-refractivity contribution in [1.29, 1.82) is 0 Å². The van der Waals surface area contributed by atoms with Crippen LogP contribution in [0.25, 0.3) is 0 Å². The lowest BCUT2D eigenvalue weighted by Crippen LogP contribution is -2.00. The lowest BCUT2D eigenvalue weighted by Gasteiger charge is -2.13. The van der Waals surface area contributed by atoms with Crippen molar-refractivity contribution in [3.8, 4) is 11.6 Å². The van der Waals surface area contributed by atoms with Gasteiger partial charge in [-0.3, -0.25) is 0 Å². The average molecular weight is 307 g/mol. The Morgan fingerprint density at radius 3 is 2.48 bits per heavy atom. The van der Waals surface area contributed by atoms with Gasteiger partial charge in [0.25, 0.3) is 0 Å². The summed E-state index contributed by atoms with van der Waals surface area (Å²) in [6.07, 6.45) is 2.30. The number of nitrogens with zero attached hydrogens (tertiary/aromatic N) is 2. The molecule has 0 bridgehead atoms. The molecule has 5 heteroatoms. The molecule has 1 heterocycles. The molecular formula is C16H19ClN2O2. The summed E-state index contributed by atoms with van der Waals surface area (Å²) < 4.78 is 10.9. The zero-order chi connectivity index (χ0) is 15.2. The van der Waals surface area contributed by atoms with Crippen molar-refractivity contribution in [3.63, 3.8) is 0 Å². The van der Waals surface area contributed by atoms with Crippen LogP contribution in [-0.2, 0) is 11.2 Å². The van der Waals surface area contributed by atoms with E-state index in [1.807, 2.05) is 38.1 Å². The van der Waals surface area contributed by atoms with Crippen LogP contribution in [0.2, 0.25) is 5.15 Å². The maximum atomic E-state index is 6.13. The molecule has 0 aliphatic heterocycles. The predicted octanol–water partition coefficient (Wildman–Crippen LogP) is 4.23. The fraction of sp³-hybridized carbons (Fsp3) is 0.375. The van der Waals surface area contributed by atoms with Gasteiger partial charge in [-0.05, 0) is 30.0 Å². The molecule has 112 valence electrons. The Kier molecular flexibility index (Phi) is 5.53. The third-order valence-corrected chi connectivity index (χ3v) is 3.41. The van der Waals surface area contributed by atoms with Gasteiger partial charge < -0.3 is 9.47 Å². The molecule has 1 aromatic carbocycles. The second-order valence-corrected chi connectivity index (χ2v) is 5.38. The molecule has 1 aromatic heterocycles. The van der Waals surface area contributed by atoms with Crippen LogP contribution in [0.15, 0.2) is 30.6 Å². The van der Waals surface area contributed by atoms with E-state index in [2.05, 4.69) is 9.97 Å². The Morgan fingerprint density at radius 1 is 1.14 bits per heavy atom. The first-order valence-electron chi connectivity index (χ1n) is 6.88. The van der Waals surface area contributed by atoms with Crippen molar-refractivity contribution in [3.05, 3.63) is 46.9 Å². The lowest BCUT2D eigenvalue weighted by atomic mass is 10.1. The van der Waals surface area contributed by atoms with Gasteiger partial charge >= 0.3 is 0 Å². The van der Waals surface area contributed by atoms with E-state index in [-0.39, 0.29) is 5.92 Å². The summed E-state index contributed by atoms with van der Waals surface area (Å²) >= 11 is 6.13. The van der Waals surface area contributed by atoms with Crippen LogP contribution < -0.4 is 4.74 Å². The molecule has 0 saturated heterocycles. The Labute approximate surface area is 130 Å². The van der Waals surface area contributed by atoms with Crippen LogP contribution in [-0.4, -0.2) is 23.7 Å². The highest BCUT2D eigenvalue weighted by molar-refractivity contribution is 6.30. The number of aromatic nitrogens is 2. The van der Waals surface area contributed by atoms with Crippen molar-refractivity contribution in [2.75, 3.05) is 13.7 Å². The molecule has 0 spiro atoms. The van der Waals surface area contributed by atoms with Crippen molar-refractivity contribution in [2.24, 2.45) is 0 Å². The van der Waals surface area contributed by atoms with Gasteiger partial charge in [-0.1, -0.05) is 37.6 Å². The van der Waals surface area contributed by atoms with Crippen molar-refractivity contribution in [1.82, 2.24) is 9.97 Å². The summed E-state index contributed by atoms with van der Waals surface area (Å²) in [5.41, 5.74) is 2.02. The maximum absolute atomic E-state index is 6.13. The van der Waals surface area contributed by atoms with Crippen LogP contribution in [0.4, 0.5) is 0 Å². The zero-order valence-corrected chi connectivity index (χ0v) is 13.2. The minimum atomic E-state index is 0.190. The number of benzene rings is 1.